The lowest BCUT2D eigenvalue weighted by atomic mass is 10.1. The Labute approximate surface area is 146 Å². The lowest BCUT2D eigenvalue weighted by molar-refractivity contribution is 0.0844. The quantitative estimate of drug-likeness (QED) is 0.726. The van der Waals surface area contributed by atoms with Crippen LogP contribution in [0.25, 0.3) is 10.9 Å². The highest BCUT2D eigenvalue weighted by molar-refractivity contribution is 5.97. The molecule has 3 aromatic rings. The Bertz CT molecular complexity index is 879. The molecule has 2 N–H and O–H groups in total. The van der Waals surface area contributed by atoms with Gasteiger partial charge in [0.1, 0.15) is 18.5 Å². The molecule has 0 radical (unpaired) electrons. The zero-order valence-electron chi connectivity index (χ0n) is 14.0. The molecule has 0 fully saturated rings. The number of hydrogen-bond acceptors (Lipinski definition) is 4. The van der Waals surface area contributed by atoms with Gasteiger partial charge in [0.05, 0.1) is 5.52 Å². The molecule has 1 amide bonds. The van der Waals surface area contributed by atoms with Crippen LogP contribution in [0.3, 0.4) is 0 Å². The number of fused-ring (bicyclic) bond motifs is 1. The van der Waals surface area contributed by atoms with Crippen molar-refractivity contribution in [1.29, 1.82) is 0 Å². The minimum atomic E-state index is -0.786. The van der Waals surface area contributed by atoms with Crippen LogP contribution in [0.4, 0.5) is 0 Å². The van der Waals surface area contributed by atoms with Crippen LogP contribution < -0.4 is 10.1 Å². The standard InChI is InChI=1S/C20H20N2O3/c1-14-4-2-6-18(10-14)25-13-17(23)12-22-20(24)16-7-8-19-15(11-16)5-3-9-21-19/h2-11,17,23H,12-13H2,1H3,(H,22,24). The highest BCUT2D eigenvalue weighted by Gasteiger charge is 2.10. The molecule has 0 saturated heterocycles. The summed E-state index contributed by atoms with van der Waals surface area (Å²) in [6, 6.07) is 16.7. The summed E-state index contributed by atoms with van der Waals surface area (Å²) in [5.74, 6) is 0.466. The van der Waals surface area contributed by atoms with E-state index in [9.17, 15) is 9.90 Å². The number of ether oxygens (including phenoxy) is 1. The number of benzene rings is 2. The van der Waals surface area contributed by atoms with Crippen LogP contribution in [-0.2, 0) is 0 Å². The van der Waals surface area contributed by atoms with E-state index in [1.165, 1.54) is 0 Å². The summed E-state index contributed by atoms with van der Waals surface area (Å²) < 4.78 is 5.53. The van der Waals surface area contributed by atoms with Gasteiger partial charge < -0.3 is 15.2 Å². The second kappa shape index (κ2) is 7.77. The molecule has 1 aromatic heterocycles. The molecule has 5 nitrogen and oxygen atoms in total. The predicted molar refractivity (Wildman–Crippen MR) is 96.8 cm³/mol. The summed E-state index contributed by atoms with van der Waals surface area (Å²) >= 11 is 0. The maximum atomic E-state index is 12.2. The summed E-state index contributed by atoms with van der Waals surface area (Å²) in [6.07, 6.45) is 0.929. The Morgan fingerprint density at radius 3 is 2.92 bits per heavy atom. The van der Waals surface area contributed by atoms with Crippen molar-refractivity contribution < 1.29 is 14.6 Å². The van der Waals surface area contributed by atoms with Crippen molar-refractivity contribution in [3.05, 3.63) is 71.9 Å². The summed E-state index contributed by atoms with van der Waals surface area (Å²) in [4.78, 5) is 16.5. The highest BCUT2D eigenvalue weighted by Crippen LogP contribution is 2.14. The molecule has 1 atom stereocenters. The molecule has 0 aliphatic heterocycles. The number of hydrogen-bond donors (Lipinski definition) is 2. The zero-order valence-corrected chi connectivity index (χ0v) is 14.0. The molecule has 2 aromatic carbocycles. The first-order valence-electron chi connectivity index (χ1n) is 8.12. The first kappa shape index (κ1) is 16.9. The number of carbonyl (C=O) groups is 1. The van der Waals surface area contributed by atoms with Crippen LogP contribution in [0.15, 0.2) is 60.8 Å². The third-order valence-corrected chi connectivity index (χ3v) is 3.80. The molecule has 0 saturated carbocycles. The van der Waals surface area contributed by atoms with Gasteiger partial charge in [-0.05, 0) is 48.9 Å². The van der Waals surface area contributed by atoms with Crippen LogP contribution in [0.2, 0.25) is 0 Å². The van der Waals surface area contributed by atoms with E-state index >= 15 is 0 Å². The monoisotopic (exact) mass is 336 g/mol. The van der Waals surface area contributed by atoms with Gasteiger partial charge in [-0.3, -0.25) is 9.78 Å². The largest absolute Gasteiger partial charge is 0.491 e. The topological polar surface area (TPSA) is 71.5 Å². The molecule has 1 unspecified atom stereocenters. The zero-order chi connectivity index (χ0) is 17.6. The van der Waals surface area contributed by atoms with Crippen LogP contribution >= 0.6 is 0 Å². The lowest BCUT2D eigenvalue weighted by Gasteiger charge is -2.14. The van der Waals surface area contributed by atoms with Gasteiger partial charge in [-0.15, -0.1) is 0 Å². The minimum absolute atomic E-state index is 0.116. The fraction of sp³-hybridized carbons (Fsp3) is 0.200. The van der Waals surface area contributed by atoms with Gasteiger partial charge in [0, 0.05) is 23.7 Å². The Balaban J connectivity index is 1.52. The number of amides is 1. The summed E-state index contributed by atoms with van der Waals surface area (Å²) in [5.41, 5.74) is 2.46. The molecule has 0 aliphatic rings. The van der Waals surface area contributed by atoms with Gasteiger partial charge in [-0.2, -0.15) is 0 Å². The molecule has 1 heterocycles. The third kappa shape index (κ3) is 4.55. The van der Waals surface area contributed by atoms with E-state index in [0.717, 1.165) is 16.5 Å². The van der Waals surface area contributed by atoms with Crippen LogP contribution in [0.5, 0.6) is 5.75 Å². The molecule has 25 heavy (non-hydrogen) atoms. The summed E-state index contributed by atoms with van der Waals surface area (Å²) in [6.45, 7) is 2.21. The van der Waals surface area contributed by atoms with Gasteiger partial charge in [-0.25, -0.2) is 0 Å². The molecule has 3 rings (SSSR count). The van der Waals surface area contributed by atoms with E-state index in [1.54, 1.807) is 18.3 Å². The normalized spacial score (nSPS) is 11.9. The summed E-state index contributed by atoms with van der Waals surface area (Å²) in [7, 11) is 0. The Hall–Kier alpha value is -2.92. The molecular weight excluding hydrogens is 316 g/mol. The van der Waals surface area contributed by atoms with E-state index in [1.807, 2.05) is 49.4 Å². The number of nitrogens with one attached hydrogen (secondary N) is 1. The van der Waals surface area contributed by atoms with E-state index in [2.05, 4.69) is 10.3 Å². The number of pyridine rings is 1. The maximum absolute atomic E-state index is 12.2. The molecular formula is C20H20N2O3. The Kier molecular flexibility index (Phi) is 5.26. The predicted octanol–water partition coefficient (Wildman–Crippen LogP) is 2.71. The Morgan fingerprint density at radius 1 is 1.20 bits per heavy atom. The second-order valence-electron chi connectivity index (χ2n) is 5.90. The average Bonchev–Trinajstić information content (AvgIpc) is 2.64. The molecule has 5 heteroatoms. The van der Waals surface area contributed by atoms with Crippen molar-refractivity contribution in [3.63, 3.8) is 0 Å². The van der Waals surface area contributed by atoms with Gasteiger partial charge in [0.25, 0.3) is 5.91 Å². The number of aliphatic hydroxyl groups excluding tert-OH is 1. The van der Waals surface area contributed by atoms with Gasteiger partial charge >= 0.3 is 0 Å². The van der Waals surface area contributed by atoms with E-state index in [4.69, 9.17) is 4.74 Å². The van der Waals surface area contributed by atoms with E-state index in [0.29, 0.717) is 11.3 Å². The molecule has 0 spiro atoms. The number of rotatable bonds is 6. The average molecular weight is 336 g/mol. The molecule has 0 aliphatic carbocycles. The van der Waals surface area contributed by atoms with Gasteiger partial charge in [0.2, 0.25) is 0 Å². The van der Waals surface area contributed by atoms with Gasteiger partial charge in [-0.1, -0.05) is 18.2 Å². The van der Waals surface area contributed by atoms with Crippen molar-refractivity contribution >= 4 is 16.8 Å². The number of aryl methyl sites for hydroxylation is 1. The molecule has 128 valence electrons. The summed E-state index contributed by atoms with van der Waals surface area (Å²) in [5, 5.41) is 13.6. The lowest BCUT2D eigenvalue weighted by Crippen LogP contribution is -2.35. The number of nitrogens with zero attached hydrogens (tertiary/aromatic N) is 1. The van der Waals surface area contributed by atoms with Gasteiger partial charge in [0.15, 0.2) is 0 Å². The number of aromatic nitrogens is 1. The fourth-order valence-electron chi connectivity index (χ4n) is 2.49. The van der Waals surface area contributed by atoms with Crippen molar-refractivity contribution in [3.8, 4) is 5.75 Å². The fourth-order valence-corrected chi connectivity index (χ4v) is 2.49. The number of carbonyl (C=O) groups excluding carboxylic acids is 1. The number of aliphatic hydroxyl groups is 1. The van der Waals surface area contributed by atoms with Crippen LogP contribution in [-0.4, -0.2) is 35.3 Å². The SMILES string of the molecule is Cc1cccc(OCC(O)CNC(=O)c2ccc3ncccc3c2)c1. The minimum Gasteiger partial charge on any atom is -0.491 e. The van der Waals surface area contributed by atoms with E-state index in [-0.39, 0.29) is 19.1 Å². The van der Waals surface area contributed by atoms with Crippen LogP contribution in [0, 0.1) is 6.92 Å². The van der Waals surface area contributed by atoms with Crippen LogP contribution in [0.1, 0.15) is 15.9 Å². The van der Waals surface area contributed by atoms with Crippen molar-refractivity contribution in [2.45, 2.75) is 13.0 Å². The second-order valence-corrected chi connectivity index (χ2v) is 5.90. The van der Waals surface area contributed by atoms with Crippen molar-refractivity contribution in [2.75, 3.05) is 13.2 Å². The van der Waals surface area contributed by atoms with Crippen molar-refractivity contribution in [2.24, 2.45) is 0 Å². The molecule has 0 bridgehead atoms. The maximum Gasteiger partial charge on any atom is 0.251 e. The highest BCUT2D eigenvalue weighted by atomic mass is 16.5. The smallest absolute Gasteiger partial charge is 0.251 e. The first-order chi connectivity index (χ1) is 12.1. The first-order valence-corrected chi connectivity index (χ1v) is 8.12. The van der Waals surface area contributed by atoms with E-state index < -0.39 is 6.10 Å². The third-order valence-electron chi connectivity index (χ3n) is 3.80. The van der Waals surface area contributed by atoms with Crippen molar-refractivity contribution in [1.82, 2.24) is 10.3 Å². The Morgan fingerprint density at radius 2 is 2.08 bits per heavy atom.